The molecule has 1 fully saturated rings. The summed E-state index contributed by atoms with van der Waals surface area (Å²) in [7, 11) is 0. The molecule has 0 saturated carbocycles. The Bertz CT molecular complexity index is 900. The Morgan fingerprint density at radius 3 is 2.46 bits per heavy atom. The zero-order valence-electron chi connectivity index (χ0n) is 16.6. The van der Waals surface area contributed by atoms with E-state index in [0.717, 1.165) is 56.0 Å². The average molecular weight is 377 g/mol. The highest BCUT2D eigenvalue weighted by atomic mass is 16.2. The molecule has 2 amide bonds. The highest BCUT2D eigenvalue weighted by Crippen LogP contribution is 2.29. The van der Waals surface area contributed by atoms with Crippen molar-refractivity contribution in [2.45, 2.75) is 26.8 Å². The first-order chi connectivity index (χ1) is 13.5. The normalized spacial score (nSPS) is 16.9. The molecule has 0 atom stereocenters. The number of piperazine rings is 1. The SMILES string of the molecule is CC(=O)N1CCc2cc(C(=O)N3CCN(Cc4cccc(C)c4)CC3)ccc21. The van der Waals surface area contributed by atoms with Crippen LogP contribution in [0.1, 0.15) is 34.0 Å². The number of nitrogens with zero attached hydrogens (tertiary/aromatic N) is 3. The van der Waals surface area contributed by atoms with E-state index in [4.69, 9.17) is 0 Å². The Balaban J connectivity index is 1.37. The van der Waals surface area contributed by atoms with Crippen LogP contribution in [-0.4, -0.2) is 54.3 Å². The van der Waals surface area contributed by atoms with E-state index in [0.29, 0.717) is 6.54 Å². The molecule has 2 aliphatic heterocycles. The molecule has 0 N–H and O–H groups in total. The summed E-state index contributed by atoms with van der Waals surface area (Å²) in [4.78, 5) is 30.8. The number of carbonyl (C=O) groups excluding carboxylic acids is 2. The lowest BCUT2D eigenvalue weighted by molar-refractivity contribution is -0.116. The van der Waals surface area contributed by atoms with Gasteiger partial charge >= 0.3 is 0 Å². The van der Waals surface area contributed by atoms with E-state index in [9.17, 15) is 9.59 Å². The summed E-state index contributed by atoms with van der Waals surface area (Å²) in [5, 5.41) is 0. The maximum Gasteiger partial charge on any atom is 0.253 e. The molecule has 4 rings (SSSR count). The van der Waals surface area contributed by atoms with Gasteiger partial charge in [0.2, 0.25) is 5.91 Å². The monoisotopic (exact) mass is 377 g/mol. The highest BCUT2D eigenvalue weighted by Gasteiger charge is 2.26. The Morgan fingerprint density at radius 2 is 1.75 bits per heavy atom. The van der Waals surface area contributed by atoms with Crippen molar-refractivity contribution in [3.8, 4) is 0 Å². The van der Waals surface area contributed by atoms with Crippen molar-refractivity contribution >= 4 is 17.5 Å². The molecule has 0 aliphatic carbocycles. The molecule has 0 bridgehead atoms. The van der Waals surface area contributed by atoms with Gasteiger partial charge < -0.3 is 9.80 Å². The molecule has 5 heteroatoms. The standard InChI is InChI=1S/C23H27N3O2/c1-17-4-3-5-19(14-17)16-24-10-12-25(13-11-24)23(28)21-6-7-22-20(15-21)8-9-26(22)18(2)27/h3-7,14-15H,8-13,16H2,1-2H3. The van der Waals surface area contributed by atoms with Crippen LogP contribution in [0.3, 0.4) is 0 Å². The second kappa shape index (κ2) is 7.76. The number of carbonyl (C=O) groups is 2. The summed E-state index contributed by atoms with van der Waals surface area (Å²) in [5.74, 6) is 0.154. The summed E-state index contributed by atoms with van der Waals surface area (Å²) < 4.78 is 0. The predicted octanol–water partition coefficient (Wildman–Crippen LogP) is 2.86. The number of rotatable bonds is 3. The summed E-state index contributed by atoms with van der Waals surface area (Å²) in [6.07, 6.45) is 0.820. The van der Waals surface area contributed by atoms with Crippen molar-refractivity contribution in [1.82, 2.24) is 9.80 Å². The van der Waals surface area contributed by atoms with Gasteiger partial charge in [0.25, 0.3) is 5.91 Å². The van der Waals surface area contributed by atoms with E-state index in [1.54, 1.807) is 11.8 Å². The molecule has 2 aromatic carbocycles. The number of fused-ring (bicyclic) bond motifs is 1. The second-order valence-electron chi connectivity index (χ2n) is 7.82. The van der Waals surface area contributed by atoms with Crippen molar-refractivity contribution < 1.29 is 9.59 Å². The van der Waals surface area contributed by atoms with E-state index in [1.165, 1.54) is 11.1 Å². The molecule has 2 aromatic rings. The smallest absolute Gasteiger partial charge is 0.253 e. The van der Waals surface area contributed by atoms with Crippen molar-refractivity contribution in [2.24, 2.45) is 0 Å². The summed E-state index contributed by atoms with van der Waals surface area (Å²) in [6.45, 7) is 8.63. The lowest BCUT2D eigenvalue weighted by atomic mass is 10.1. The molecular weight excluding hydrogens is 350 g/mol. The summed E-state index contributed by atoms with van der Waals surface area (Å²) >= 11 is 0. The summed E-state index contributed by atoms with van der Waals surface area (Å²) in [6, 6.07) is 14.4. The van der Waals surface area contributed by atoms with E-state index < -0.39 is 0 Å². The van der Waals surface area contributed by atoms with Crippen molar-refractivity contribution in [2.75, 3.05) is 37.6 Å². The molecular formula is C23H27N3O2. The van der Waals surface area contributed by atoms with Crippen LogP contribution < -0.4 is 4.90 Å². The van der Waals surface area contributed by atoms with Gasteiger partial charge in [0.15, 0.2) is 0 Å². The predicted molar refractivity (Wildman–Crippen MR) is 111 cm³/mol. The Labute approximate surface area is 166 Å². The van der Waals surface area contributed by atoms with Crippen LogP contribution in [0.4, 0.5) is 5.69 Å². The maximum absolute atomic E-state index is 13.0. The van der Waals surface area contributed by atoms with Crippen LogP contribution in [0.2, 0.25) is 0 Å². The lowest BCUT2D eigenvalue weighted by Crippen LogP contribution is -2.48. The van der Waals surface area contributed by atoms with Gasteiger partial charge in [0.1, 0.15) is 0 Å². The zero-order valence-corrected chi connectivity index (χ0v) is 16.6. The van der Waals surface area contributed by atoms with Gasteiger partial charge in [-0.2, -0.15) is 0 Å². The average Bonchev–Trinajstić information content (AvgIpc) is 3.11. The minimum Gasteiger partial charge on any atom is -0.336 e. The number of aryl methyl sites for hydroxylation is 1. The first kappa shape index (κ1) is 18.7. The number of hydrogen-bond acceptors (Lipinski definition) is 3. The van der Waals surface area contributed by atoms with E-state index in [-0.39, 0.29) is 11.8 Å². The topological polar surface area (TPSA) is 43.9 Å². The van der Waals surface area contributed by atoms with Gasteiger partial charge in [-0.05, 0) is 42.7 Å². The van der Waals surface area contributed by atoms with Crippen LogP contribution >= 0.6 is 0 Å². The molecule has 5 nitrogen and oxygen atoms in total. The number of amides is 2. The largest absolute Gasteiger partial charge is 0.336 e. The molecule has 1 saturated heterocycles. The number of anilines is 1. The van der Waals surface area contributed by atoms with Gasteiger partial charge in [0, 0.05) is 57.4 Å². The minimum atomic E-state index is 0.0579. The molecule has 2 heterocycles. The quantitative estimate of drug-likeness (QED) is 0.826. The molecule has 146 valence electrons. The molecule has 0 radical (unpaired) electrons. The van der Waals surface area contributed by atoms with Gasteiger partial charge in [-0.3, -0.25) is 14.5 Å². The van der Waals surface area contributed by atoms with Crippen molar-refractivity contribution in [1.29, 1.82) is 0 Å². The van der Waals surface area contributed by atoms with Crippen molar-refractivity contribution in [3.63, 3.8) is 0 Å². The third-order valence-electron chi connectivity index (χ3n) is 5.75. The van der Waals surface area contributed by atoms with E-state index in [2.05, 4.69) is 36.1 Å². The molecule has 0 unspecified atom stereocenters. The van der Waals surface area contributed by atoms with Crippen LogP contribution in [-0.2, 0) is 17.8 Å². The van der Waals surface area contributed by atoms with Crippen molar-refractivity contribution in [3.05, 3.63) is 64.7 Å². The number of benzene rings is 2. The minimum absolute atomic E-state index is 0.0579. The highest BCUT2D eigenvalue weighted by molar-refractivity contribution is 5.98. The third kappa shape index (κ3) is 3.80. The number of hydrogen-bond donors (Lipinski definition) is 0. The molecule has 28 heavy (non-hydrogen) atoms. The third-order valence-corrected chi connectivity index (χ3v) is 5.75. The fourth-order valence-corrected chi connectivity index (χ4v) is 4.22. The van der Waals surface area contributed by atoms with Gasteiger partial charge in [-0.15, -0.1) is 0 Å². The van der Waals surface area contributed by atoms with Crippen LogP contribution in [0, 0.1) is 6.92 Å². The van der Waals surface area contributed by atoms with Crippen LogP contribution in [0.5, 0.6) is 0 Å². The second-order valence-corrected chi connectivity index (χ2v) is 7.82. The Morgan fingerprint density at radius 1 is 0.964 bits per heavy atom. The first-order valence-electron chi connectivity index (χ1n) is 9.99. The molecule has 0 aromatic heterocycles. The summed E-state index contributed by atoms with van der Waals surface area (Å²) in [5.41, 5.74) is 5.39. The molecule has 0 spiro atoms. The first-order valence-corrected chi connectivity index (χ1v) is 9.99. The molecule has 2 aliphatic rings. The van der Waals surface area contributed by atoms with E-state index in [1.807, 2.05) is 23.1 Å². The van der Waals surface area contributed by atoms with Gasteiger partial charge in [-0.25, -0.2) is 0 Å². The fourth-order valence-electron chi connectivity index (χ4n) is 4.22. The van der Waals surface area contributed by atoms with Crippen LogP contribution in [0.15, 0.2) is 42.5 Å². The fraction of sp³-hybridized carbons (Fsp3) is 0.391. The van der Waals surface area contributed by atoms with Gasteiger partial charge in [-0.1, -0.05) is 29.8 Å². The zero-order chi connectivity index (χ0) is 19.7. The maximum atomic E-state index is 13.0. The lowest BCUT2D eigenvalue weighted by Gasteiger charge is -2.35. The van der Waals surface area contributed by atoms with Crippen LogP contribution in [0.25, 0.3) is 0 Å². The Kier molecular flexibility index (Phi) is 5.18. The van der Waals surface area contributed by atoms with Gasteiger partial charge in [0.05, 0.1) is 0 Å². The van der Waals surface area contributed by atoms with E-state index >= 15 is 0 Å². The Hall–Kier alpha value is -2.66.